The van der Waals surface area contributed by atoms with Crippen molar-refractivity contribution in [1.29, 1.82) is 10.5 Å². The van der Waals surface area contributed by atoms with Gasteiger partial charge >= 0.3 is 0 Å². The average Bonchev–Trinajstić information content (AvgIpc) is 2.28. The molecule has 82 valence electrons. The fourth-order valence-electron chi connectivity index (χ4n) is 1.30. The van der Waals surface area contributed by atoms with Gasteiger partial charge < -0.3 is 0 Å². The van der Waals surface area contributed by atoms with Crippen molar-refractivity contribution in [3.63, 3.8) is 0 Å². The molecule has 1 rings (SSSR count). The lowest BCUT2D eigenvalue weighted by molar-refractivity contribution is 0.150. The molecule has 0 saturated carbocycles. The average molecular weight is 242 g/mol. The van der Waals surface area contributed by atoms with Crippen molar-refractivity contribution >= 4 is 11.6 Å². The van der Waals surface area contributed by atoms with E-state index in [1.54, 1.807) is 12.1 Å². The van der Waals surface area contributed by atoms with Crippen molar-refractivity contribution in [2.75, 3.05) is 0 Å². The lowest BCUT2D eigenvalue weighted by Gasteiger charge is -2.10. The SMILES string of the molecule is N#CCc1ncc(CCl)c(C(F)F)c1C#N. The van der Waals surface area contributed by atoms with E-state index in [1.807, 2.05) is 0 Å². The molecule has 1 heterocycles. The highest BCUT2D eigenvalue weighted by molar-refractivity contribution is 6.17. The summed E-state index contributed by atoms with van der Waals surface area (Å²) in [6.07, 6.45) is -1.79. The van der Waals surface area contributed by atoms with E-state index in [4.69, 9.17) is 22.1 Å². The van der Waals surface area contributed by atoms with E-state index in [0.717, 1.165) is 0 Å². The summed E-state index contributed by atoms with van der Waals surface area (Å²) in [5.74, 6) is -0.145. The third-order valence-electron chi connectivity index (χ3n) is 2.00. The lowest BCUT2D eigenvalue weighted by Crippen LogP contribution is -2.04. The molecule has 3 nitrogen and oxygen atoms in total. The smallest absolute Gasteiger partial charge is 0.258 e. The molecule has 1 aromatic rings. The van der Waals surface area contributed by atoms with Crippen LogP contribution in [0.1, 0.15) is 28.8 Å². The second kappa shape index (κ2) is 5.39. The Hall–Kier alpha value is -1.72. The van der Waals surface area contributed by atoms with Gasteiger partial charge in [-0.15, -0.1) is 11.6 Å². The number of hydrogen-bond acceptors (Lipinski definition) is 3. The Labute approximate surface area is 95.9 Å². The Bertz CT molecular complexity index is 474. The van der Waals surface area contributed by atoms with E-state index in [-0.39, 0.29) is 29.1 Å². The number of alkyl halides is 3. The molecule has 0 aromatic carbocycles. The van der Waals surface area contributed by atoms with Crippen molar-refractivity contribution in [1.82, 2.24) is 4.98 Å². The van der Waals surface area contributed by atoms with Crippen molar-refractivity contribution in [2.45, 2.75) is 18.7 Å². The molecule has 0 aliphatic rings. The third kappa shape index (κ3) is 2.26. The van der Waals surface area contributed by atoms with Gasteiger partial charge in [-0.3, -0.25) is 4.98 Å². The van der Waals surface area contributed by atoms with Gasteiger partial charge in [0.05, 0.1) is 23.7 Å². The minimum atomic E-state index is -2.80. The molecule has 0 N–H and O–H groups in total. The first-order valence-electron chi connectivity index (χ1n) is 4.27. The minimum Gasteiger partial charge on any atom is -0.258 e. The molecule has 0 aliphatic heterocycles. The van der Waals surface area contributed by atoms with E-state index >= 15 is 0 Å². The van der Waals surface area contributed by atoms with Crippen LogP contribution in [0.15, 0.2) is 6.20 Å². The maximum Gasteiger partial charge on any atom is 0.265 e. The van der Waals surface area contributed by atoms with Crippen molar-refractivity contribution in [3.05, 3.63) is 28.6 Å². The molecule has 0 radical (unpaired) electrons. The van der Waals surface area contributed by atoms with Gasteiger partial charge in [0.2, 0.25) is 0 Å². The molecule has 0 unspecified atom stereocenters. The summed E-state index contributed by atoms with van der Waals surface area (Å²) in [6, 6.07) is 3.42. The van der Waals surface area contributed by atoms with Crippen LogP contribution in [-0.2, 0) is 12.3 Å². The van der Waals surface area contributed by atoms with E-state index in [1.165, 1.54) is 6.20 Å². The molecule has 0 atom stereocenters. The summed E-state index contributed by atoms with van der Waals surface area (Å²) >= 11 is 5.49. The highest BCUT2D eigenvalue weighted by Crippen LogP contribution is 2.28. The number of halogens is 3. The number of hydrogen-bond donors (Lipinski definition) is 0. The van der Waals surface area contributed by atoms with Gasteiger partial charge in [0.15, 0.2) is 0 Å². The van der Waals surface area contributed by atoms with E-state index in [0.29, 0.717) is 0 Å². The summed E-state index contributed by atoms with van der Waals surface area (Å²) in [7, 11) is 0. The topological polar surface area (TPSA) is 60.5 Å². The molecule has 1 aromatic heterocycles. The van der Waals surface area contributed by atoms with E-state index < -0.39 is 12.0 Å². The van der Waals surface area contributed by atoms with Crippen LogP contribution in [0.3, 0.4) is 0 Å². The van der Waals surface area contributed by atoms with Crippen LogP contribution < -0.4 is 0 Å². The van der Waals surface area contributed by atoms with Gasteiger partial charge in [0.1, 0.15) is 6.07 Å². The molecular weight excluding hydrogens is 236 g/mol. The van der Waals surface area contributed by atoms with Crippen LogP contribution in [-0.4, -0.2) is 4.98 Å². The first-order valence-corrected chi connectivity index (χ1v) is 4.81. The van der Waals surface area contributed by atoms with Gasteiger partial charge in [0, 0.05) is 17.6 Å². The Morgan fingerprint density at radius 3 is 2.56 bits per heavy atom. The van der Waals surface area contributed by atoms with Crippen LogP contribution in [0, 0.1) is 22.7 Å². The monoisotopic (exact) mass is 241 g/mol. The quantitative estimate of drug-likeness (QED) is 0.765. The van der Waals surface area contributed by atoms with Crippen LogP contribution in [0.5, 0.6) is 0 Å². The van der Waals surface area contributed by atoms with Crippen LogP contribution in [0.25, 0.3) is 0 Å². The molecule has 0 fully saturated rings. The van der Waals surface area contributed by atoms with Crippen LogP contribution in [0.4, 0.5) is 8.78 Å². The zero-order valence-corrected chi connectivity index (χ0v) is 8.80. The molecule has 16 heavy (non-hydrogen) atoms. The Morgan fingerprint density at radius 1 is 1.44 bits per heavy atom. The Morgan fingerprint density at radius 2 is 2.12 bits per heavy atom. The summed E-state index contributed by atoms with van der Waals surface area (Å²) in [4.78, 5) is 3.79. The fourth-order valence-corrected chi connectivity index (χ4v) is 1.51. The molecule has 0 bridgehead atoms. The van der Waals surface area contributed by atoms with Gasteiger partial charge in [-0.25, -0.2) is 8.78 Å². The van der Waals surface area contributed by atoms with E-state index in [2.05, 4.69) is 4.98 Å². The number of pyridine rings is 1. The summed E-state index contributed by atoms with van der Waals surface area (Å²) in [5, 5.41) is 17.3. The fraction of sp³-hybridized carbons (Fsp3) is 0.300. The summed E-state index contributed by atoms with van der Waals surface area (Å²) < 4.78 is 25.5. The summed E-state index contributed by atoms with van der Waals surface area (Å²) in [5.41, 5.74) is -0.475. The van der Waals surface area contributed by atoms with Gasteiger partial charge in [-0.1, -0.05) is 0 Å². The Kier molecular flexibility index (Phi) is 4.16. The number of nitriles is 2. The van der Waals surface area contributed by atoms with Crippen molar-refractivity contribution in [3.8, 4) is 12.1 Å². The maximum atomic E-state index is 12.8. The molecule has 0 amide bonds. The predicted molar refractivity (Wildman–Crippen MR) is 52.8 cm³/mol. The summed E-state index contributed by atoms with van der Waals surface area (Å²) in [6.45, 7) is 0. The maximum absolute atomic E-state index is 12.8. The number of aromatic nitrogens is 1. The van der Waals surface area contributed by atoms with Crippen molar-refractivity contribution in [2.24, 2.45) is 0 Å². The zero-order chi connectivity index (χ0) is 12.1. The van der Waals surface area contributed by atoms with Crippen LogP contribution in [0.2, 0.25) is 0 Å². The zero-order valence-electron chi connectivity index (χ0n) is 8.04. The van der Waals surface area contributed by atoms with Gasteiger partial charge in [0.25, 0.3) is 6.43 Å². The molecular formula is C10H6ClF2N3. The van der Waals surface area contributed by atoms with Crippen molar-refractivity contribution < 1.29 is 8.78 Å². The van der Waals surface area contributed by atoms with E-state index in [9.17, 15) is 8.78 Å². The number of rotatable bonds is 3. The predicted octanol–water partition coefficient (Wildman–Crippen LogP) is 2.70. The first kappa shape index (κ1) is 12.4. The molecule has 0 aliphatic carbocycles. The molecule has 0 saturated heterocycles. The molecule has 6 heteroatoms. The lowest BCUT2D eigenvalue weighted by atomic mass is 10.0. The second-order valence-electron chi connectivity index (χ2n) is 2.90. The van der Waals surface area contributed by atoms with Crippen LogP contribution >= 0.6 is 11.6 Å². The minimum absolute atomic E-state index is 0.0640. The standard InChI is InChI=1S/C10H6ClF2N3/c11-3-6-5-16-8(1-2-14)7(4-15)9(6)10(12)13/h5,10H,1,3H2. The normalized spacial score (nSPS) is 9.88. The number of nitrogens with zero attached hydrogens (tertiary/aromatic N) is 3. The molecule has 0 spiro atoms. The second-order valence-corrected chi connectivity index (χ2v) is 3.17. The largest absolute Gasteiger partial charge is 0.265 e. The third-order valence-corrected chi connectivity index (χ3v) is 2.29. The first-order chi connectivity index (χ1) is 7.65. The highest BCUT2D eigenvalue weighted by atomic mass is 35.5. The highest BCUT2D eigenvalue weighted by Gasteiger charge is 2.21. The van der Waals surface area contributed by atoms with Gasteiger partial charge in [-0.05, 0) is 5.56 Å². The van der Waals surface area contributed by atoms with Gasteiger partial charge in [-0.2, -0.15) is 10.5 Å². The Balaban J connectivity index is 3.46.